The Morgan fingerprint density at radius 3 is 2.33 bits per heavy atom. The molecule has 0 bridgehead atoms. The maximum absolute atomic E-state index is 12.2. The third kappa shape index (κ3) is 7.44. The lowest BCUT2D eigenvalue weighted by molar-refractivity contribution is -0.149. The van der Waals surface area contributed by atoms with Gasteiger partial charge >= 0.3 is 5.97 Å². The summed E-state index contributed by atoms with van der Waals surface area (Å²) in [6, 6.07) is 0. The second kappa shape index (κ2) is 4.38. The largest absolute Gasteiger partial charge is 0.463 e. The lowest BCUT2D eigenvalue weighted by Gasteiger charge is -2.10. The summed E-state index contributed by atoms with van der Waals surface area (Å²) in [6.45, 7) is 4.15. The lowest BCUT2D eigenvalue weighted by Crippen LogP contribution is -2.16. The number of alkyl halides is 2. The van der Waals surface area contributed by atoms with Crippen molar-refractivity contribution in [3.8, 4) is 0 Å². The summed E-state index contributed by atoms with van der Waals surface area (Å²) in [4.78, 5) is 10.7. The van der Waals surface area contributed by atoms with Crippen LogP contribution in [0.15, 0.2) is 0 Å². The van der Waals surface area contributed by atoms with Crippen LogP contribution in [0.4, 0.5) is 8.78 Å². The zero-order valence-corrected chi connectivity index (χ0v) is 7.56. The minimum absolute atomic E-state index is 0.221. The van der Waals surface area contributed by atoms with Crippen molar-refractivity contribution in [2.45, 2.75) is 45.6 Å². The molecule has 0 aromatic carbocycles. The standard InChI is InChI=1S/C8H14F2O2/c1-6(2)12-7(11)4-5-8(3,9)10/h6H,4-5H2,1-3H3. The molecule has 0 aliphatic rings. The van der Waals surface area contributed by atoms with Crippen LogP contribution < -0.4 is 0 Å². The van der Waals surface area contributed by atoms with E-state index in [9.17, 15) is 13.6 Å². The molecule has 0 aliphatic carbocycles. The Bertz CT molecular complexity index is 150. The lowest BCUT2D eigenvalue weighted by atomic mass is 10.2. The van der Waals surface area contributed by atoms with Crippen LogP contribution in [0.3, 0.4) is 0 Å². The molecule has 0 aliphatic heterocycles. The Hall–Kier alpha value is -0.670. The van der Waals surface area contributed by atoms with E-state index < -0.39 is 18.3 Å². The average Bonchev–Trinajstić information content (AvgIpc) is 1.80. The molecule has 0 atom stereocenters. The summed E-state index contributed by atoms with van der Waals surface area (Å²) in [5, 5.41) is 0. The molecule has 72 valence electrons. The van der Waals surface area contributed by atoms with Crippen molar-refractivity contribution >= 4 is 5.97 Å². The summed E-state index contributed by atoms with van der Waals surface area (Å²) < 4.78 is 29.1. The molecule has 0 saturated carbocycles. The van der Waals surface area contributed by atoms with E-state index in [0.717, 1.165) is 6.92 Å². The highest BCUT2D eigenvalue weighted by Crippen LogP contribution is 2.18. The highest BCUT2D eigenvalue weighted by Gasteiger charge is 2.22. The smallest absolute Gasteiger partial charge is 0.306 e. The van der Waals surface area contributed by atoms with E-state index >= 15 is 0 Å². The highest BCUT2D eigenvalue weighted by molar-refractivity contribution is 5.69. The molecule has 4 heteroatoms. The van der Waals surface area contributed by atoms with Gasteiger partial charge in [-0.2, -0.15) is 0 Å². The van der Waals surface area contributed by atoms with Crippen molar-refractivity contribution in [1.29, 1.82) is 0 Å². The first-order chi connectivity index (χ1) is 5.31. The fraction of sp³-hybridized carbons (Fsp3) is 0.875. The number of hydrogen-bond acceptors (Lipinski definition) is 2. The first kappa shape index (κ1) is 11.3. The molecule has 0 aromatic heterocycles. The monoisotopic (exact) mass is 180 g/mol. The molecular weight excluding hydrogens is 166 g/mol. The van der Waals surface area contributed by atoms with Gasteiger partial charge < -0.3 is 4.74 Å². The van der Waals surface area contributed by atoms with Gasteiger partial charge in [-0.1, -0.05) is 0 Å². The summed E-state index contributed by atoms with van der Waals surface area (Å²) in [5.41, 5.74) is 0. The van der Waals surface area contributed by atoms with Crippen LogP contribution in [0.1, 0.15) is 33.6 Å². The molecule has 0 aromatic rings. The zero-order valence-electron chi connectivity index (χ0n) is 7.56. The van der Waals surface area contributed by atoms with Gasteiger partial charge in [0.1, 0.15) is 0 Å². The topological polar surface area (TPSA) is 26.3 Å². The molecule has 0 radical (unpaired) electrons. The SMILES string of the molecule is CC(C)OC(=O)CCC(C)(F)F. The van der Waals surface area contributed by atoms with E-state index in [-0.39, 0.29) is 12.5 Å². The van der Waals surface area contributed by atoms with Crippen LogP contribution in [-0.2, 0) is 9.53 Å². The van der Waals surface area contributed by atoms with Crippen LogP contribution in [0.5, 0.6) is 0 Å². The number of carbonyl (C=O) groups is 1. The summed E-state index contributed by atoms with van der Waals surface area (Å²) in [5.74, 6) is -3.35. The third-order valence-electron chi connectivity index (χ3n) is 1.14. The normalized spacial score (nSPS) is 11.8. The summed E-state index contributed by atoms with van der Waals surface area (Å²) in [7, 11) is 0. The molecular formula is C8H14F2O2. The van der Waals surface area contributed by atoms with Gasteiger partial charge in [-0.3, -0.25) is 4.79 Å². The van der Waals surface area contributed by atoms with Gasteiger partial charge in [0.05, 0.1) is 12.5 Å². The van der Waals surface area contributed by atoms with Crippen LogP contribution in [-0.4, -0.2) is 18.0 Å². The van der Waals surface area contributed by atoms with E-state index in [4.69, 9.17) is 0 Å². The van der Waals surface area contributed by atoms with Crippen molar-refractivity contribution < 1.29 is 18.3 Å². The first-order valence-corrected chi connectivity index (χ1v) is 3.88. The first-order valence-electron chi connectivity index (χ1n) is 3.88. The number of rotatable bonds is 4. The Morgan fingerprint density at radius 2 is 2.00 bits per heavy atom. The van der Waals surface area contributed by atoms with Crippen molar-refractivity contribution in [2.75, 3.05) is 0 Å². The van der Waals surface area contributed by atoms with Gasteiger partial charge in [0.2, 0.25) is 5.92 Å². The summed E-state index contributed by atoms with van der Waals surface area (Å²) in [6.07, 6.45) is -0.900. The van der Waals surface area contributed by atoms with Crippen LogP contribution in [0, 0.1) is 0 Å². The van der Waals surface area contributed by atoms with E-state index in [0.29, 0.717) is 0 Å². The maximum Gasteiger partial charge on any atom is 0.306 e. The van der Waals surface area contributed by atoms with Gasteiger partial charge in [-0.25, -0.2) is 8.78 Å². The Labute approximate surface area is 70.9 Å². The Kier molecular flexibility index (Phi) is 4.13. The molecule has 0 rings (SSSR count). The van der Waals surface area contributed by atoms with Gasteiger partial charge in [-0.05, 0) is 20.8 Å². The minimum atomic E-state index is -2.78. The number of esters is 1. The second-order valence-electron chi connectivity index (χ2n) is 3.11. The number of hydrogen-bond donors (Lipinski definition) is 0. The number of ether oxygens (including phenoxy) is 1. The zero-order chi connectivity index (χ0) is 9.78. The number of halogens is 2. The van der Waals surface area contributed by atoms with Gasteiger partial charge in [0, 0.05) is 6.42 Å². The van der Waals surface area contributed by atoms with Crippen LogP contribution in [0.2, 0.25) is 0 Å². The van der Waals surface area contributed by atoms with Crippen molar-refractivity contribution in [2.24, 2.45) is 0 Å². The van der Waals surface area contributed by atoms with Crippen LogP contribution >= 0.6 is 0 Å². The highest BCUT2D eigenvalue weighted by atomic mass is 19.3. The van der Waals surface area contributed by atoms with Crippen LogP contribution in [0.25, 0.3) is 0 Å². The predicted molar refractivity (Wildman–Crippen MR) is 41.1 cm³/mol. The van der Waals surface area contributed by atoms with Gasteiger partial charge in [0.15, 0.2) is 0 Å². The molecule has 0 N–H and O–H groups in total. The summed E-state index contributed by atoms with van der Waals surface area (Å²) >= 11 is 0. The second-order valence-corrected chi connectivity index (χ2v) is 3.11. The predicted octanol–water partition coefficient (Wildman–Crippen LogP) is 2.37. The third-order valence-corrected chi connectivity index (χ3v) is 1.14. The van der Waals surface area contributed by atoms with Gasteiger partial charge in [-0.15, -0.1) is 0 Å². The van der Waals surface area contributed by atoms with Crippen molar-refractivity contribution in [3.05, 3.63) is 0 Å². The Morgan fingerprint density at radius 1 is 1.50 bits per heavy atom. The number of carbonyl (C=O) groups excluding carboxylic acids is 1. The van der Waals surface area contributed by atoms with Crippen molar-refractivity contribution in [3.63, 3.8) is 0 Å². The minimum Gasteiger partial charge on any atom is -0.463 e. The van der Waals surface area contributed by atoms with E-state index in [1.807, 2.05) is 0 Å². The molecule has 0 spiro atoms. The van der Waals surface area contributed by atoms with E-state index in [1.165, 1.54) is 0 Å². The van der Waals surface area contributed by atoms with E-state index in [1.54, 1.807) is 13.8 Å². The molecule has 2 nitrogen and oxygen atoms in total. The quantitative estimate of drug-likeness (QED) is 0.621. The fourth-order valence-corrected chi connectivity index (χ4v) is 0.643. The molecule has 0 heterocycles. The maximum atomic E-state index is 12.2. The van der Waals surface area contributed by atoms with Gasteiger partial charge in [0.25, 0.3) is 0 Å². The Balaban J connectivity index is 3.58. The molecule has 0 fully saturated rings. The molecule has 12 heavy (non-hydrogen) atoms. The molecule has 0 unspecified atom stereocenters. The average molecular weight is 180 g/mol. The van der Waals surface area contributed by atoms with E-state index in [2.05, 4.69) is 4.74 Å². The molecule has 0 saturated heterocycles. The molecule has 0 amide bonds. The van der Waals surface area contributed by atoms with Crippen molar-refractivity contribution in [1.82, 2.24) is 0 Å². The fourth-order valence-electron chi connectivity index (χ4n) is 0.643.